The summed E-state index contributed by atoms with van der Waals surface area (Å²) < 4.78 is 18.1. The number of esters is 3. The van der Waals surface area contributed by atoms with E-state index in [1.165, 1.54) is 0 Å². The van der Waals surface area contributed by atoms with Crippen LogP contribution in [-0.4, -0.2) is 135 Å². The van der Waals surface area contributed by atoms with Crippen LogP contribution >= 0.6 is 0 Å². The summed E-state index contributed by atoms with van der Waals surface area (Å²) in [6.07, 6.45) is -18.6. The first kappa shape index (κ1) is 73.2. The minimum atomic E-state index is -3.38. The Balaban J connectivity index is -0.0000000453. The van der Waals surface area contributed by atoms with Crippen LogP contribution in [0.5, 0.6) is 0 Å². The van der Waals surface area contributed by atoms with Gasteiger partial charge in [0.15, 0.2) is 5.60 Å². The van der Waals surface area contributed by atoms with Crippen molar-refractivity contribution < 1.29 is 384 Å². The van der Waals surface area contributed by atoms with Crippen molar-refractivity contribution in [2.24, 2.45) is 0 Å². The third-order valence-electron chi connectivity index (χ3n) is 3.58. The van der Waals surface area contributed by atoms with E-state index in [-0.39, 0.29) is 251 Å². The van der Waals surface area contributed by atoms with E-state index in [2.05, 4.69) is 23.7 Å². The monoisotopic (exact) mass is 858 g/mol. The van der Waals surface area contributed by atoms with Gasteiger partial charge < -0.3 is 83.3 Å². The molecular formula is C18H24K3Na3O27. The molecule has 0 saturated heterocycles. The van der Waals surface area contributed by atoms with Crippen LogP contribution < -0.4 is 243 Å². The second-order valence-electron chi connectivity index (χ2n) is 6.96. The molecule has 33 heteroatoms. The fourth-order valence-corrected chi connectivity index (χ4v) is 2.18. The Morgan fingerprint density at radius 1 is 0.451 bits per heavy atom. The van der Waals surface area contributed by atoms with Gasteiger partial charge in [0.2, 0.25) is 5.60 Å². The largest absolute Gasteiger partial charge is 1.00 e. The average Bonchev–Trinajstić information content (AvgIpc) is 2.75. The molecule has 0 saturated carbocycles. The van der Waals surface area contributed by atoms with Crippen molar-refractivity contribution in [3.63, 3.8) is 0 Å². The smallest absolute Gasteiger partial charge is 1.00 e. The number of rotatable bonds is 11. The number of carbonyl (C=O) groups excluding carboxylic acids is 4. The van der Waals surface area contributed by atoms with Gasteiger partial charge in [-0.15, -0.1) is 0 Å². The Kier molecular flexibility index (Phi) is 54.6. The van der Waals surface area contributed by atoms with Crippen molar-refractivity contribution in [1.82, 2.24) is 0 Å². The van der Waals surface area contributed by atoms with Crippen molar-refractivity contribution in [3.8, 4) is 0 Å². The molecule has 0 heterocycles. The zero-order chi connectivity index (χ0) is 36.3. The predicted molar refractivity (Wildman–Crippen MR) is 124 cm³/mol. The predicted octanol–water partition coefficient (Wildman–Crippen LogP) is -18.3. The van der Waals surface area contributed by atoms with Gasteiger partial charge in [-0.1, -0.05) is 0 Å². The molecule has 1 unspecified atom stereocenters. The Bertz CT molecular complexity index is 1220. The molecule has 0 bridgehead atoms. The molecular weight excluding hydrogens is 834 g/mol. The summed E-state index contributed by atoms with van der Waals surface area (Å²) in [5.41, 5.74) is -6.69. The molecule has 264 valence electrons. The van der Waals surface area contributed by atoms with Crippen LogP contribution in [0.4, 0.5) is 28.8 Å². The van der Waals surface area contributed by atoms with E-state index in [1.54, 1.807) is 0 Å². The maximum absolute atomic E-state index is 12.0. The number of aliphatic carboxylic acids is 3. The molecule has 0 radical (unpaired) electrons. The van der Waals surface area contributed by atoms with Crippen LogP contribution in [0.1, 0.15) is 34.2 Å². The molecule has 0 aromatic rings. The van der Waals surface area contributed by atoms with Gasteiger partial charge in [-0.3, -0.25) is 19.2 Å². The quantitative estimate of drug-likeness (QED) is 0.0399. The summed E-state index contributed by atoms with van der Waals surface area (Å²) in [6, 6.07) is 0. The molecule has 0 amide bonds. The van der Waals surface area contributed by atoms with E-state index in [1.807, 2.05) is 0 Å². The summed E-state index contributed by atoms with van der Waals surface area (Å²) >= 11 is 0. The number of aliphatic hydroxyl groups is 1. The Labute approximate surface area is 483 Å². The van der Waals surface area contributed by atoms with Gasteiger partial charge in [0.25, 0.3) is 0 Å². The standard InChI is InChI=1S/C14H14O17.C3H2O7.CH2O3.3K.3Na.6H/c15-5(16)1-13(28,9(20)21)2-8(19)31-14(10(22)23,3-6(17)29-11(24)25)4-7(18)30-12(26)27;4-1(5)9-3(8)10-2(6)7;2-1(3)4;;;;;;;;;;;;/h28H,1-4H2,(H,15,16)(H,20,21)(H,22,23)(H,24,25)(H,26,27);(H,4,5)(H,6,7);(H2,2,3,4);;;;;;;;;;;;/q;;;6*+1;6*-1. The Morgan fingerprint density at radius 3 is 0.961 bits per heavy atom. The number of ether oxygens (including phenoxy) is 5. The molecule has 27 nitrogen and oxygen atoms in total. The van der Waals surface area contributed by atoms with Crippen molar-refractivity contribution in [2.45, 2.75) is 36.9 Å². The van der Waals surface area contributed by atoms with Gasteiger partial charge in [-0.2, -0.15) is 0 Å². The Hall–Kier alpha value is 1.11. The van der Waals surface area contributed by atoms with Gasteiger partial charge in [-0.25, -0.2) is 38.4 Å². The van der Waals surface area contributed by atoms with Gasteiger partial charge in [-0.05, 0) is 0 Å². The van der Waals surface area contributed by atoms with E-state index in [9.17, 15) is 63.0 Å². The van der Waals surface area contributed by atoms with Crippen LogP contribution in [0.3, 0.4) is 0 Å². The topological polar surface area (TPSA) is 453 Å². The van der Waals surface area contributed by atoms with Gasteiger partial charge in [0.05, 0.1) is 25.7 Å². The zero-order valence-electron chi connectivity index (χ0n) is 33.2. The molecule has 1 atom stereocenters. The van der Waals surface area contributed by atoms with Crippen molar-refractivity contribution in [3.05, 3.63) is 0 Å². The normalized spacial score (nSPS) is 9.67. The number of carboxylic acids is 3. The van der Waals surface area contributed by atoms with Crippen LogP contribution in [0, 0.1) is 0 Å². The summed E-state index contributed by atoms with van der Waals surface area (Å²) in [4.78, 5) is 127. The number of hydrogen-bond acceptors (Lipinski definition) is 18. The Morgan fingerprint density at radius 2 is 0.745 bits per heavy atom. The van der Waals surface area contributed by atoms with Gasteiger partial charge >= 0.3 is 316 Å². The zero-order valence-corrected chi connectivity index (χ0v) is 42.6. The number of carbonyl (C=O) groups is 12. The summed E-state index contributed by atoms with van der Waals surface area (Å²) in [6.45, 7) is 0. The molecule has 0 aliphatic carbocycles. The first-order chi connectivity index (χ1) is 20.3. The van der Waals surface area contributed by atoms with Crippen molar-refractivity contribution in [2.75, 3.05) is 0 Å². The fraction of sp³-hybridized carbons (Fsp3) is 0.333. The minimum absolute atomic E-state index is 0. The third-order valence-corrected chi connectivity index (χ3v) is 3.58. The third kappa shape index (κ3) is 42.1. The van der Waals surface area contributed by atoms with E-state index < -0.39 is 110 Å². The summed E-state index contributed by atoms with van der Waals surface area (Å²) in [5.74, 6) is -12.2. The summed E-state index contributed by atoms with van der Waals surface area (Å²) in [7, 11) is 0. The molecule has 0 aliphatic heterocycles. The number of hydrogen-bond donors (Lipinski definition) is 10. The first-order valence-electron chi connectivity index (χ1n) is 10.1. The SMILES string of the molecule is O=C(O)CC(O)(CC(=O)OC(CC(=O)OC(=O)O)(CC(=O)OC(=O)O)C(=O)O)C(=O)O.O=C(O)O.O=C(O)OC(=O)OC(=O)O.[H-].[H-].[H-].[H-].[H-].[H-].[K+].[K+].[K+].[Na+].[Na+].[Na+]. The van der Waals surface area contributed by atoms with Crippen molar-refractivity contribution in [1.29, 1.82) is 0 Å². The first-order valence-corrected chi connectivity index (χ1v) is 10.1. The van der Waals surface area contributed by atoms with E-state index in [4.69, 9.17) is 45.6 Å². The fourth-order valence-electron chi connectivity index (χ4n) is 2.18. The molecule has 0 fully saturated rings. The molecule has 0 aromatic carbocycles. The van der Waals surface area contributed by atoms with E-state index >= 15 is 0 Å². The molecule has 0 rings (SSSR count). The number of carboxylic acid groups (broad SMARTS) is 9. The molecule has 51 heavy (non-hydrogen) atoms. The average molecular weight is 859 g/mol. The second-order valence-corrected chi connectivity index (χ2v) is 6.96. The van der Waals surface area contributed by atoms with Gasteiger partial charge in [0, 0.05) is 0 Å². The van der Waals surface area contributed by atoms with Crippen LogP contribution in [0.25, 0.3) is 0 Å². The van der Waals surface area contributed by atoms with Crippen molar-refractivity contribution >= 4 is 72.7 Å². The maximum atomic E-state index is 12.0. The summed E-state index contributed by atoms with van der Waals surface area (Å²) in [5, 5.41) is 82.7. The maximum Gasteiger partial charge on any atom is 1.00 e. The molecule has 0 spiro atoms. The second kappa shape index (κ2) is 38.0. The molecule has 10 N–H and O–H groups in total. The van der Waals surface area contributed by atoms with E-state index in [0.29, 0.717) is 0 Å². The van der Waals surface area contributed by atoms with Crippen LogP contribution in [0.15, 0.2) is 0 Å². The van der Waals surface area contributed by atoms with Crippen LogP contribution in [-0.2, 0) is 52.5 Å². The molecule has 0 aliphatic rings. The van der Waals surface area contributed by atoms with Gasteiger partial charge in [0.1, 0.15) is 0 Å². The van der Waals surface area contributed by atoms with E-state index in [0.717, 1.165) is 0 Å². The van der Waals surface area contributed by atoms with Crippen LogP contribution in [0.2, 0.25) is 0 Å². The minimum Gasteiger partial charge on any atom is -1.00 e. The molecule has 0 aromatic heterocycles.